The van der Waals surface area contributed by atoms with Crippen LogP contribution in [-0.2, 0) is 10.4 Å². The Balaban J connectivity index is 2.47. The van der Waals surface area contributed by atoms with Gasteiger partial charge in [-0.25, -0.2) is 0 Å². The van der Waals surface area contributed by atoms with Gasteiger partial charge in [-0.05, 0) is 31.4 Å². The maximum atomic E-state index is 11.8. The molecule has 6 nitrogen and oxygen atoms in total. The van der Waals surface area contributed by atoms with Gasteiger partial charge in [0.05, 0.1) is 5.69 Å². The molecule has 7 heteroatoms. The first-order chi connectivity index (χ1) is 8.87. The van der Waals surface area contributed by atoms with Gasteiger partial charge in [-0.15, -0.1) is 4.73 Å². The second-order valence-corrected chi connectivity index (χ2v) is 5.93. The van der Waals surface area contributed by atoms with Gasteiger partial charge in [0.1, 0.15) is 0 Å². The molecule has 0 atom stereocenters. The first kappa shape index (κ1) is 14.1. The smallest absolute Gasteiger partial charge is 0.266 e. The van der Waals surface area contributed by atoms with E-state index >= 15 is 0 Å². The standard InChI is InChI=1S/C12H17NO5S/c1-9-7-11(10-5-3-2-4-6-10)13(12(14)8-9)18-19(15,16)17/h7-8,10H,2-6H2,1H3,(H,15,16,17). The Morgan fingerprint density at radius 3 is 2.47 bits per heavy atom. The number of nitrogens with zero attached hydrogens (tertiary/aromatic N) is 1. The Bertz CT molecular complexity index is 613. The molecular formula is C12H17NO5S. The van der Waals surface area contributed by atoms with Crippen molar-refractivity contribution in [3.63, 3.8) is 0 Å². The summed E-state index contributed by atoms with van der Waals surface area (Å²) in [6, 6.07) is 3.01. The molecule has 1 saturated carbocycles. The van der Waals surface area contributed by atoms with Crippen molar-refractivity contribution < 1.29 is 17.3 Å². The van der Waals surface area contributed by atoms with E-state index < -0.39 is 16.0 Å². The van der Waals surface area contributed by atoms with Crippen LogP contribution in [0, 0.1) is 6.92 Å². The van der Waals surface area contributed by atoms with Crippen LogP contribution in [0.5, 0.6) is 0 Å². The summed E-state index contributed by atoms with van der Waals surface area (Å²) in [5, 5.41) is 0. The van der Waals surface area contributed by atoms with Crippen molar-refractivity contribution in [3.05, 3.63) is 33.7 Å². The van der Waals surface area contributed by atoms with Gasteiger partial charge in [0.2, 0.25) is 0 Å². The summed E-state index contributed by atoms with van der Waals surface area (Å²) < 4.78 is 35.6. The molecule has 1 aromatic heterocycles. The summed E-state index contributed by atoms with van der Waals surface area (Å²) in [7, 11) is -4.71. The van der Waals surface area contributed by atoms with E-state index in [1.165, 1.54) is 6.07 Å². The number of aryl methyl sites for hydroxylation is 1. The van der Waals surface area contributed by atoms with Crippen molar-refractivity contribution in [1.82, 2.24) is 4.73 Å². The van der Waals surface area contributed by atoms with Gasteiger partial charge in [0.15, 0.2) is 0 Å². The van der Waals surface area contributed by atoms with Crippen LogP contribution in [0.3, 0.4) is 0 Å². The third-order valence-electron chi connectivity index (χ3n) is 3.35. The van der Waals surface area contributed by atoms with Crippen molar-refractivity contribution in [1.29, 1.82) is 0 Å². The lowest BCUT2D eigenvalue weighted by molar-refractivity contribution is 0.212. The Kier molecular flexibility index (Phi) is 3.96. The van der Waals surface area contributed by atoms with E-state index in [1.807, 2.05) is 0 Å². The molecule has 1 aromatic rings. The van der Waals surface area contributed by atoms with Gasteiger partial charge in [-0.3, -0.25) is 13.6 Å². The van der Waals surface area contributed by atoms with Crippen LogP contribution in [0.4, 0.5) is 0 Å². The van der Waals surface area contributed by atoms with Crippen LogP contribution < -0.4 is 9.84 Å². The summed E-state index contributed by atoms with van der Waals surface area (Å²) in [6.07, 6.45) is 5.00. The van der Waals surface area contributed by atoms with E-state index in [0.29, 0.717) is 10.4 Å². The van der Waals surface area contributed by atoms with Crippen LogP contribution in [0.2, 0.25) is 0 Å². The van der Waals surface area contributed by atoms with Crippen molar-refractivity contribution >= 4 is 10.4 Å². The minimum Gasteiger partial charge on any atom is -0.266 e. The zero-order valence-electron chi connectivity index (χ0n) is 10.7. The fourth-order valence-corrected chi connectivity index (χ4v) is 2.92. The van der Waals surface area contributed by atoms with E-state index in [0.717, 1.165) is 37.7 Å². The van der Waals surface area contributed by atoms with E-state index in [4.69, 9.17) is 4.55 Å². The van der Waals surface area contributed by atoms with Crippen LogP contribution >= 0.6 is 0 Å². The second-order valence-electron chi connectivity index (χ2n) is 4.93. The number of hydrogen-bond donors (Lipinski definition) is 1. The molecule has 0 bridgehead atoms. The van der Waals surface area contributed by atoms with Gasteiger partial charge in [0, 0.05) is 12.0 Å². The highest BCUT2D eigenvalue weighted by atomic mass is 32.3. The molecule has 1 heterocycles. The predicted octanol–water partition coefficient (Wildman–Crippen LogP) is 1.44. The SMILES string of the molecule is Cc1cc(C2CCCCC2)n(OS(=O)(=O)O)c(=O)c1. The molecular weight excluding hydrogens is 270 g/mol. The lowest BCUT2D eigenvalue weighted by Gasteiger charge is -2.24. The van der Waals surface area contributed by atoms with Crippen molar-refractivity contribution in [2.45, 2.75) is 44.9 Å². The average molecular weight is 287 g/mol. The first-order valence-electron chi connectivity index (χ1n) is 6.28. The van der Waals surface area contributed by atoms with E-state index in [2.05, 4.69) is 4.28 Å². The third kappa shape index (κ3) is 3.57. The molecule has 1 aliphatic rings. The topological polar surface area (TPSA) is 85.6 Å². The third-order valence-corrected chi connectivity index (χ3v) is 3.69. The highest BCUT2D eigenvalue weighted by Crippen LogP contribution is 2.32. The summed E-state index contributed by atoms with van der Waals surface area (Å²) in [4.78, 5) is 11.8. The number of pyridine rings is 1. The summed E-state index contributed by atoms with van der Waals surface area (Å²) in [5.41, 5.74) is 0.682. The Labute approximate surface area is 111 Å². The quantitative estimate of drug-likeness (QED) is 0.850. The molecule has 0 saturated heterocycles. The maximum absolute atomic E-state index is 11.8. The molecule has 1 N–H and O–H groups in total. The Morgan fingerprint density at radius 2 is 1.89 bits per heavy atom. The van der Waals surface area contributed by atoms with Crippen molar-refractivity contribution in [2.75, 3.05) is 0 Å². The van der Waals surface area contributed by atoms with Crippen LogP contribution in [0.1, 0.15) is 49.3 Å². The second kappa shape index (κ2) is 5.34. The average Bonchev–Trinajstić information content (AvgIpc) is 2.32. The summed E-state index contributed by atoms with van der Waals surface area (Å²) in [6.45, 7) is 1.77. The van der Waals surface area contributed by atoms with E-state index in [-0.39, 0.29) is 5.92 Å². The lowest BCUT2D eigenvalue weighted by atomic mass is 9.86. The number of hydrogen-bond acceptors (Lipinski definition) is 4. The Morgan fingerprint density at radius 1 is 1.26 bits per heavy atom. The minimum absolute atomic E-state index is 0.0862. The number of aromatic nitrogens is 1. The van der Waals surface area contributed by atoms with Crippen molar-refractivity contribution in [3.8, 4) is 0 Å². The summed E-state index contributed by atoms with van der Waals surface area (Å²) in [5.74, 6) is 0.0862. The van der Waals surface area contributed by atoms with E-state index in [1.54, 1.807) is 13.0 Å². The van der Waals surface area contributed by atoms with E-state index in [9.17, 15) is 13.2 Å². The molecule has 0 spiro atoms. The van der Waals surface area contributed by atoms with Crippen LogP contribution in [-0.4, -0.2) is 17.7 Å². The van der Waals surface area contributed by atoms with Gasteiger partial charge in [0.25, 0.3) is 5.56 Å². The number of rotatable bonds is 3. The molecule has 19 heavy (non-hydrogen) atoms. The minimum atomic E-state index is -4.71. The first-order valence-corrected chi connectivity index (χ1v) is 7.64. The largest absolute Gasteiger partial charge is 0.465 e. The molecule has 0 aliphatic heterocycles. The van der Waals surface area contributed by atoms with Crippen LogP contribution in [0.25, 0.3) is 0 Å². The van der Waals surface area contributed by atoms with Gasteiger partial charge < -0.3 is 0 Å². The molecule has 1 fully saturated rings. The molecule has 1 aliphatic carbocycles. The molecule has 0 unspecified atom stereocenters. The van der Waals surface area contributed by atoms with Crippen LogP contribution in [0.15, 0.2) is 16.9 Å². The normalized spacial score (nSPS) is 17.4. The van der Waals surface area contributed by atoms with Gasteiger partial charge in [-0.2, -0.15) is 8.42 Å². The molecule has 0 amide bonds. The van der Waals surface area contributed by atoms with Gasteiger partial charge in [-0.1, -0.05) is 19.3 Å². The molecule has 0 aromatic carbocycles. The fraction of sp³-hybridized carbons (Fsp3) is 0.583. The highest BCUT2D eigenvalue weighted by Gasteiger charge is 2.22. The molecule has 106 valence electrons. The monoisotopic (exact) mass is 287 g/mol. The summed E-state index contributed by atoms with van der Waals surface area (Å²) >= 11 is 0. The lowest BCUT2D eigenvalue weighted by Crippen LogP contribution is -2.34. The molecule has 0 radical (unpaired) electrons. The predicted molar refractivity (Wildman–Crippen MR) is 69.4 cm³/mol. The maximum Gasteiger partial charge on any atom is 0.465 e. The Hall–Kier alpha value is -1.34. The fourth-order valence-electron chi connectivity index (χ4n) is 2.57. The van der Waals surface area contributed by atoms with Crippen molar-refractivity contribution in [2.24, 2.45) is 0 Å². The molecule has 2 rings (SSSR count). The zero-order valence-corrected chi connectivity index (χ0v) is 11.5. The van der Waals surface area contributed by atoms with Gasteiger partial charge >= 0.3 is 10.4 Å². The zero-order chi connectivity index (χ0) is 14.0. The highest BCUT2D eigenvalue weighted by molar-refractivity contribution is 7.81.